The third-order valence-electron chi connectivity index (χ3n) is 2.15. The summed E-state index contributed by atoms with van der Waals surface area (Å²) in [5, 5.41) is 12.4. The number of nitriles is 1. The molecule has 2 rings (SSSR count). The van der Waals surface area contributed by atoms with Crippen molar-refractivity contribution < 1.29 is 0 Å². The highest BCUT2D eigenvalue weighted by Crippen LogP contribution is 2.22. The molecule has 0 amide bonds. The summed E-state index contributed by atoms with van der Waals surface area (Å²) in [5.74, 6) is 0.520. The molecule has 0 fully saturated rings. The van der Waals surface area contributed by atoms with Crippen molar-refractivity contribution in [3.8, 4) is 6.07 Å². The number of nitrogens with two attached hydrogens (primary N) is 1. The first kappa shape index (κ1) is 11.2. The zero-order chi connectivity index (χ0) is 12.3. The van der Waals surface area contributed by atoms with Gasteiger partial charge in [-0.3, -0.25) is 0 Å². The van der Waals surface area contributed by atoms with Crippen LogP contribution in [0, 0.1) is 11.3 Å². The van der Waals surface area contributed by atoms with E-state index < -0.39 is 0 Å². The predicted molar refractivity (Wildman–Crippen MR) is 68.1 cm³/mol. The Balaban J connectivity index is 2.25. The summed E-state index contributed by atoms with van der Waals surface area (Å²) in [7, 11) is 0. The lowest BCUT2D eigenvalue weighted by Crippen LogP contribution is -1.99. The van der Waals surface area contributed by atoms with E-state index in [0.717, 1.165) is 5.69 Å². The van der Waals surface area contributed by atoms with E-state index in [2.05, 4.69) is 10.3 Å². The predicted octanol–water partition coefficient (Wildman–Crippen LogP) is 2.93. The van der Waals surface area contributed by atoms with Gasteiger partial charge in [-0.1, -0.05) is 11.6 Å². The summed E-state index contributed by atoms with van der Waals surface area (Å²) in [6.45, 7) is 0. The van der Waals surface area contributed by atoms with Gasteiger partial charge in [0.25, 0.3) is 0 Å². The topological polar surface area (TPSA) is 74.7 Å². The molecule has 0 aliphatic heterocycles. The number of hydrogen-bond donors (Lipinski definition) is 2. The van der Waals surface area contributed by atoms with Crippen LogP contribution in [0.2, 0.25) is 5.02 Å². The number of pyridine rings is 1. The van der Waals surface area contributed by atoms with Crippen LogP contribution in [0.4, 0.5) is 17.2 Å². The van der Waals surface area contributed by atoms with E-state index in [1.807, 2.05) is 18.2 Å². The summed E-state index contributed by atoms with van der Waals surface area (Å²) in [5.41, 5.74) is 7.47. The monoisotopic (exact) mass is 244 g/mol. The molecule has 1 heterocycles. The summed E-state index contributed by atoms with van der Waals surface area (Å²) >= 11 is 5.78. The van der Waals surface area contributed by atoms with Crippen molar-refractivity contribution in [3.63, 3.8) is 0 Å². The molecule has 0 aliphatic rings. The molecular weight excluding hydrogens is 236 g/mol. The molecule has 0 atom stereocenters. The van der Waals surface area contributed by atoms with Crippen molar-refractivity contribution in [1.82, 2.24) is 4.98 Å². The third-order valence-corrected chi connectivity index (χ3v) is 2.41. The van der Waals surface area contributed by atoms with E-state index in [-0.39, 0.29) is 0 Å². The van der Waals surface area contributed by atoms with Crippen LogP contribution in [-0.2, 0) is 0 Å². The van der Waals surface area contributed by atoms with Gasteiger partial charge < -0.3 is 11.1 Å². The van der Waals surface area contributed by atoms with Gasteiger partial charge in [0.2, 0.25) is 0 Å². The number of hydrogen-bond acceptors (Lipinski definition) is 4. The summed E-state index contributed by atoms with van der Waals surface area (Å²) in [6.07, 6.45) is 1.47. The average molecular weight is 245 g/mol. The molecule has 0 saturated heterocycles. The van der Waals surface area contributed by atoms with Gasteiger partial charge in [-0.15, -0.1) is 0 Å². The highest BCUT2D eigenvalue weighted by Gasteiger charge is 2.02. The van der Waals surface area contributed by atoms with Crippen LogP contribution in [0.1, 0.15) is 5.56 Å². The number of anilines is 3. The van der Waals surface area contributed by atoms with Crippen molar-refractivity contribution in [2.45, 2.75) is 0 Å². The highest BCUT2D eigenvalue weighted by atomic mass is 35.5. The molecule has 0 radical (unpaired) electrons. The van der Waals surface area contributed by atoms with Gasteiger partial charge in [0.05, 0.1) is 11.3 Å². The quantitative estimate of drug-likeness (QED) is 0.852. The van der Waals surface area contributed by atoms with Crippen molar-refractivity contribution in [2.24, 2.45) is 0 Å². The van der Waals surface area contributed by atoms with Crippen molar-refractivity contribution in [3.05, 3.63) is 47.1 Å². The number of benzene rings is 1. The van der Waals surface area contributed by atoms with Gasteiger partial charge in [-0.05, 0) is 30.3 Å². The largest absolute Gasteiger partial charge is 0.396 e. The minimum Gasteiger partial charge on any atom is -0.396 e. The lowest BCUT2D eigenvalue weighted by Gasteiger charge is -2.08. The first-order valence-corrected chi connectivity index (χ1v) is 5.25. The van der Waals surface area contributed by atoms with Crippen LogP contribution in [0.15, 0.2) is 36.5 Å². The number of rotatable bonds is 2. The molecule has 4 nitrogen and oxygen atoms in total. The smallest absolute Gasteiger partial charge is 0.153 e. The number of nitrogens with one attached hydrogen (secondary N) is 1. The van der Waals surface area contributed by atoms with Gasteiger partial charge in [-0.25, -0.2) is 4.98 Å². The number of halogens is 1. The third kappa shape index (κ3) is 2.65. The Labute approximate surface area is 104 Å². The van der Waals surface area contributed by atoms with Crippen molar-refractivity contribution >= 4 is 28.8 Å². The van der Waals surface area contributed by atoms with E-state index in [0.29, 0.717) is 22.1 Å². The maximum atomic E-state index is 8.69. The molecule has 0 unspecified atom stereocenters. The lowest BCUT2D eigenvalue weighted by atomic mass is 10.2. The van der Waals surface area contributed by atoms with Gasteiger partial charge >= 0.3 is 0 Å². The van der Waals surface area contributed by atoms with Crippen molar-refractivity contribution in [1.29, 1.82) is 5.26 Å². The van der Waals surface area contributed by atoms with Crippen LogP contribution >= 0.6 is 11.6 Å². The fourth-order valence-electron chi connectivity index (χ4n) is 1.32. The second-order valence-electron chi connectivity index (χ2n) is 3.41. The van der Waals surface area contributed by atoms with E-state index >= 15 is 0 Å². The van der Waals surface area contributed by atoms with Crippen LogP contribution in [0.3, 0.4) is 0 Å². The highest BCUT2D eigenvalue weighted by molar-refractivity contribution is 6.30. The SMILES string of the molecule is N#Cc1cnc(Nc2ccc(Cl)cc2)c(N)c1. The van der Waals surface area contributed by atoms with Crippen LogP contribution < -0.4 is 11.1 Å². The van der Waals surface area contributed by atoms with Gasteiger partial charge in [0.1, 0.15) is 6.07 Å². The zero-order valence-electron chi connectivity index (χ0n) is 8.81. The number of aromatic nitrogens is 1. The fourth-order valence-corrected chi connectivity index (χ4v) is 1.44. The van der Waals surface area contributed by atoms with E-state index in [1.165, 1.54) is 6.20 Å². The van der Waals surface area contributed by atoms with E-state index in [4.69, 9.17) is 22.6 Å². The van der Waals surface area contributed by atoms with Crippen LogP contribution in [0.25, 0.3) is 0 Å². The molecule has 5 heteroatoms. The van der Waals surface area contributed by atoms with Gasteiger partial charge in [-0.2, -0.15) is 5.26 Å². The molecule has 2 aromatic rings. The fraction of sp³-hybridized carbons (Fsp3) is 0. The Hall–Kier alpha value is -2.25. The van der Waals surface area contributed by atoms with Gasteiger partial charge in [0.15, 0.2) is 5.82 Å². The summed E-state index contributed by atoms with van der Waals surface area (Å²) < 4.78 is 0. The summed E-state index contributed by atoms with van der Waals surface area (Å²) in [6, 6.07) is 10.7. The molecule has 1 aromatic carbocycles. The second kappa shape index (κ2) is 4.73. The zero-order valence-corrected chi connectivity index (χ0v) is 9.57. The molecule has 0 spiro atoms. The minimum absolute atomic E-state index is 0.430. The maximum Gasteiger partial charge on any atom is 0.153 e. The molecule has 1 aromatic heterocycles. The average Bonchev–Trinajstić information content (AvgIpc) is 2.34. The summed E-state index contributed by atoms with van der Waals surface area (Å²) in [4.78, 5) is 4.08. The molecule has 17 heavy (non-hydrogen) atoms. The van der Waals surface area contributed by atoms with E-state index in [1.54, 1.807) is 18.2 Å². The van der Waals surface area contributed by atoms with Crippen LogP contribution in [-0.4, -0.2) is 4.98 Å². The second-order valence-corrected chi connectivity index (χ2v) is 3.84. The standard InChI is InChI=1S/C12H9ClN4/c13-9-1-3-10(4-2-9)17-12-11(15)5-8(6-14)7-16-12/h1-5,7H,15H2,(H,16,17). The van der Waals surface area contributed by atoms with Crippen LogP contribution in [0.5, 0.6) is 0 Å². The molecule has 0 aliphatic carbocycles. The van der Waals surface area contributed by atoms with Crippen molar-refractivity contribution in [2.75, 3.05) is 11.1 Å². The normalized spacial score (nSPS) is 9.65. The first-order valence-electron chi connectivity index (χ1n) is 4.87. The Kier molecular flexibility index (Phi) is 3.12. The molecule has 3 N–H and O–H groups in total. The van der Waals surface area contributed by atoms with Gasteiger partial charge in [0, 0.05) is 16.9 Å². The molecular formula is C12H9ClN4. The first-order chi connectivity index (χ1) is 8.19. The Bertz CT molecular complexity index is 572. The lowest BCUT2D eigenvalue weighted by molar-refractivity contribution is 1.29. The Morgan fingerprint density at radius 1 is 1.29 bits per heavy atom. The number of nitrogen functional groups attached to an aromatic ring is 1. The Morgan fingerprint density at radius 3 is 2.59 bits per heavy atom. The minimum atomic E-state index is 0.430. The maximum absolute atomic E-state index is 8.69. The number of nitrogens with zero attached hydrogens (tertiary/aromatic N) is 2. The Morgan fingerprint density at radius 2 is 2.00 bits per heavy atom. The molecule has 0 saturated carbocycles. The van der Waals surface area contributed by atoms with E-state index in [9.17, 15) is 0 Å². The molecule has 0 bridgehead atoms. The molecule has 84 valence electrons.